The van der Waals surface area contributed by atoms with Gasteiger partial charge >= 0.3 is 0 Å². The molecule has 3 heteroatoms. The third kappa shape index (κ3) is 2.88. The summed E-state index contributed by atoms with van der Waals surface area (Å²) in [6, 6.07) is 3.60. The standard InChI is InChI=1S/C16H26N2S/c1-13(9-15-5-8-19-11-15)18-12-16(6-3-4-7-16)17-10-14(18)2/h5,8,11,13-14,17H,3-4,6-7,9-10,12H2,1-2H3. The summed E-state index contributed by atoms with van der Waals surface area (Å²) in [7, 11) is 0. The van der Waals surface area contributed by atoms with Crippen molar-refractivity contribution in [3.05, 3.63) is 22.4 Å². The molecule has 1 aliphatic carbocycles. The fourth-order valence-corrected chi connectivity index (χ4v) is 4.57. The minimum Gasteiger partial charge on any atom is -0.308 e. The van der Waals surface area contributed by atoms with E-state index in [1.165, 1.54) is 44.2 Å². The predicted octanol–water partition coefficient (Wildman–Crippen LogP) is 3.29. The van der Waals surface area contributed by atoms with Gasteiger partial charge in [0.15, 0.2) is 0 Å². The number of nitrogens with zero attached hydrogens (tertiary/aromatic N) is 1. The van der Waals surface area contributed by atoms with Crippen molar-refractivity contribution >= 4 is 11.3 Å². The highest BCUT2D eigenvalue weighted by Crippen LogP contribution is 2.34. The van der Waals surface area contributed by atoms with Gasteiger partial charge in [-0.3, -0.25) is 4.90 Å². The molecule has 2 aliphatic rings. The molecule has 2 nitrogen and oxygen atoms in total. The lowest BCUT2D eigenvalue weighted by atomic mass is 9.91. The summed E-state index contributed by atoms with van der Waals surface area (Å²) in [5, 5.41) is 8.34. The Morgan fingerprint density at radius 3 is 2.95 bits per heavy atom. The van der Waals surface area contributed by atoms with Crippen molar-refractivity contribution in [3.63, 3.8) is 0 Å². The Hall–Kier alpha value is -0.380. The van der Waals surface area contributed by atoms with E-state index in [9.17, 15) is 0 Å². The van der Waals surface area contributed by atoms with Gasteiger partial charge in [-0.05, 0) is 55.5 Å². The van der Waals surface area contributed by atoms with Gasteiger partial charge in [-0.15, -0.1) is 0 Å². The van der Waals surface area contributed by atoms with Crippen LogP contribution in [-0.2, 0) is 6.42 Å². The zero-order chi connectivity index (χ0) is 13.3. The molecule has 19 heavy (non-hydrogen) atoms. The van der Waals surface area contributed by atoms with Crippen LogP contribution in [0.25, 0.3) is 0 Å². The van der Waals surface area contributed by atoms with E-state index in [0.717, 1.165) is 6.54 Å². The zero-order valence-electron chi connectivity index (χ0n) is 12.2. The first-order valence-corrected chi connectivity index (χ1v) is 8.65. The SMILES string of the molecule is CC1CNC2(CCCC2)CN1C(C)Cc1ccsc1. The van der Waals surface area contributed by atoms with Crippen LogP contribution in [0, 0.1) is 0 Å². The first kappa shape index (κ1) is 13.6. The van der Waals surface area contributed by atoms with Crippen LogP contribution in [-0.4, -0.2) is 35.6 Å². The van der Waals surface area contributed by atoms with Gasteiger partial charge in [-0.1, -0.05) is 12.8 Å². The number of thiophene rings is 1. The molecule has 2 atom stereocenters. The molecule has 1 N–H and O–H groups in total. The third-order valence-electron chi connectivity index (χ3n) is 5.06. The van der Waals surface area contributed by atoms with Gasteiger partial charge in [0.1, 0.15) is 0 Å². The van der Waals surface area contributed by atoms with E-state index in [4.69, 9.17) is 0 Å². The lowest BCUT2D eigenvalue weighted by Crippen LogP contribution is -2.64. The molecule has 106 valence electrons. The largest absolute Gasteiger partial charge is 0.308 e. The molecule has 0 aromatic carbocycles. The quantitative estimate of drug-likeness (QED) is 0.913. The molecular formula is C16H26N2S. The second kappa shape index (κ2) is 5.55. The summed E-state index contributed by atoms with van der Waals surface area (Å²) in [4.78, 5) is 2.75. The van der Waals surface area contributed by atoms with E-state index in [1.54, 1.807) is 0 Å². The Morgan fingerprint density at radius 1 is 1.47 bits per heavy atom. The fourth-order valence-electron chi connectivity index (χ4n) is 3.89. The highest BCUT2D eigenvalue weighted by molar-refractivity contribution is 7.07. The highest BCUT2D eigenvalue weighted by atomic mass is 32.1. The predicted molar refractivity (Wildman–Crippen MR) is 82.9 cm³/mol. The number of hydrogen-bond acceptors (Lipinski definition) is 3. The monoisotopic (exact) mass is 278 g/mol. The van der Waals surface area contributed by atoms with E-state index in [1.807, 2.05) is 11.3 Å². The summed E-state index contributed by atoms with van der Waals surface area (Å²) < 4.78 is 0. The molecule has 3 rings (SSSR count). The summed E-state index contributed by atoms with van der Waals surface area (Å²) in [6.07, 6.45) is 6.77. The first-order chi connectivity index (χ1) is 9.19. The van der Waals surface area contributed by atoms with Gasteiger partial charge in [0.05, 0.1) is 0 Å². The average Bonchev–Trinajstić information content (AvgIpc) is 3.05. The molecule has 1 saturated heterocycles. The number of piperazine rings is 1. The maximum absolute atomic E-state index is 3.85. The van der Waals surface area contributed by atoms with Crippen LogP contribution < -0.4 is 5.32 Å². The smallest absolute Gasteiger partial charge is 0.0309 e. The van der Waals surface area contributed by atoms with Gasteiger partial charge in [0.25, 0.3) is 0 Å². The molecule has 1 aromatic heterocycles. The van der Waals surface area contributed by atoms with Crippen LogP contribution in [0.5, 0.6) is 0 Å². The van der Waals surface area contributed by atoms with E-state index < -0.39 is 0 Å². The summed E-state index contributed by atoms with van der Waals surface area (Å²) in [5.74, 6) is 0. The molecule has 1 aliphatic heterocycles. The van der Waals surface area contributed by atoms with Crippen LogP contribution in [0.2, 0.25) is 0 Å². The summed E-state index contributed by atoms with van der Waals surface area (Å²) in [6.45, 7) is 7.19. The number of nitrogens with one attached hydrogen (secondary N) is 1. The van der Waals surface area contributed by atoms with Crippen molar-refractivity contribution in [2.24, 2.45) is 0 Å². The van der Waals surface area contributed by atoms with Crippen LogP contribution in [0.4, 0.5) is 0 Å². The topological polar surface area (TPSA) is 15.3 Å². The molecule has 1 spiro atoms. The molecule has 2 unspecified atom stereocenters. The molecule has 2 heterocycles. The molecular weight excluding hydrogens is 252 g/mol. The number of hydrogen-bond donors (Lipinski definition) is 1. The fraction of sp³-hybridized carbons (Fsp3) is 0.750. The molecule has 0 radical (unpaired) electrons. The van der Waals surface area contributed by atoms with E-state index in [2.05, 4.69) is 40.9 Å². The molecule has 2 fully saturated rings. The normalized spacial score (nSPS) is 28.8. The van der Waals surface area contributed by atoms with Gasteiger partial charge in [0.2, 0.25) is 0 Å². The Morgan fingerprint density at radius 2 is 2.26 bits per heavy atom. The maximum Gasteiger partial charge on any atom is 0.0309 e. The van der Waals surface area contributed by atoms with Crippen molar-refractivity contribution in [1.82, 2.24) is 10.2 Å². The second-order valence-corrected chi connectivity index (χ2v) is 7.35. The Balaban J connectivity index is 1.67. The van der Waals surface area contributed by atoms with Crippen molar-refractivity contribution < 1.29 is 0 Å². The maximum atomic E-state index is 3.85. The summed E-state index contributed by atoms with van der Waals surface area (Å²) >= 11 is 1.82. The Kier molecular flexibility index (Phi) is 3.97. The first-order valence-electron chi connectivity index (χ1n) is 7.70. The lowest BCUT2D eigenvalue weighted by Gasteiger charge is -2.48. The summed E-state index contributed by atoms with van der Waals surface area (Å²) in [5.41, 5.74) is 1.94. The second-order valence-electron chi connectivity index (χ2n) is 6.57. The zero-order valence-corrected chi connectivity index (χ0v) is 13.0. The van der Waals surface area contributed by atoms with E-state index in [0.29, 0.717) is 17.6 Å². The minimum atomic E-state index is 0.440. The van der Waals surface area contributed by atoms with Crippen LogP contribution in [0.15, 0.2) is 16.8 Å². The lowest BCUT2D eigenvalue weighted by molar-refractivity contribution is 0.0568. The highest BCUT2D eigenvalue weighted by Gasteiger charge is 2.41. The average molecular weight is 278 g/mol. The molecule has 1 aromatic rings. The van der Waals surface area contributed by atoms with Crippen molar-refractivity contribution in [2.75, 3.05) is 13.1 Å². The molecule has 1 saturated carbocycles. The van der Waals surface area contributed by atoms with Crippen molar-refractivity contribution in [3.8, 4) is 0 Å². The Labute approximate surface area is 121 Å². The van der Waals surface area contributed by atoms with Gasteiger partial charge in [0, 0.05) is 30.7 Å². The van der Waals surface area contributed by atoms with Gasteiger partial charge in [-0.25, -0.2) is 0 Å². The van der Waals surface area contributed by atoms with Crippen LogP contribution in [0.1, 0.15) is 45.1 Å². The van der Waals surface area contributed by atoms with Gasteiger partial charge < -0.3 is 5.32 Å². The van der Waals surface area contributed by atoms with E-state index in [-0.39, 0.29) is 0 Å². The van der Waals surface area contributed by atoms with Crippen LogP contribution in [0.3, 0.4) is 0 Å². The number of rotatable bonds is 3. The van der Waals surface area contributed by atoms with Crippen LogP contribution >= 0.6 is 11.3 Å². The van der Waals surface area contributed by atoms with Gasteiger partial charge in [-0.2, -0.15) is 11.3 Å². The Bertz CT molecular complexity index is 395. The molecule has 0 bridgehead atoms. The van der Waals surface area contributed by atoms with Crippen molar-refractivity contribution in [2.45, 2.75) is 63.6 Å². The van der Waals surface area contributed by atoms with E-state index >= 15 is 0 Å². The van der Waals surface area contributed by atoms with Crippen molar-refractivity contribution in [1.29, 1.82) is 0 Å². The minimum absolute atomic E-state index is 0.440. The molecule has 0 amide bonds. The third-order valence-corrected chi connectivity index (χ3v) is 5.79.